The molecule has 5 heteroatoms. The zero-order chi connectivity index (χ0) is 35.0. The van der Waals surface area contributed by atoms with E-state index in [2.05, 4.69) is 26.1 Å². The van der Waals surface area contributed by atoms with E-state index in [1.807, 2.05) is 0 Å². The first-order valence-corrected chi connectivity index (χ1v) is 21.7. The summed E-state index contributed by atoms with van der Waals surface area (Å²) >= 11 is 0. The van der Waals surface area contributed by atoms with Gasteiger partial charge < -0.3 is 14.8 Å². The lowest BCUT2D eigenvalue weighted by molar-refractivity contribution is -0.150. The predicted molar refractivity (Wildman–Crippen MR) is 208 cm³/mol. The van der Waals surface area contributed by atoms with Gasteiger partial charge in [-0.05, 0) is 70.9 Å². The molecule has 0 fully saturated rings. The highest BCUT2D eigenvalue weighted by Gasteiger charge is 2.14. The first-order chi connectivity index (χ1) is 23.6. The Labute approximate surface area is 300 Å². The second kappa shape index (κ2) is 40.3. The Morgan fingerprint density at radius 3 is 1.23 bits per heavy atom. The van der Waals surface area contributed by atoms with E-state index in [1.165, 1.54) is 161 Å². The molecule has 286 valence electrons. The molecule has 48 heavy (non-hydrogen) atoms. The van der Waals surface area contributed by atoms with Crippen LogP contribution in [0, 0.1) is 0 Å². The van der Waals surface area contributed by atoms with Crippen molar-refractivity contribution in [3.05, 3.63) is 0 Å². The lowest BCUT2D eigenvalue weighted by Gasteiger charge is -2.18. The van der Waals surface area contributed by atoms with Gasteiger partial charge in [-0.2, -0.15) is 0 Å². The molecule has 1 unspecified atom stereocenters. The van der Waals surface area contributed by atoms with Crippen molar-refractivity contribution in [3.8, 4) is 0 Å². The fourth-order valence-corrected chi connectivity index (χ4v) is 6.53. The van der Waals surface area contributed by atoms with Gasteiger partial charge in [0, 0.05) is 12.8 Å². The van der Waals surface area contributed by atoms with Gasteiger partial charge in [0.05, 0.1) is 6.61 Å². The normalized spacial score (nSPS) is 12.0. The molecule has 0 saturated heterocycles. The molecule has 0 aliphatic rings. The van der Waals surface area contributed by atoms with Gasteiger partial charge in [-0.1, -0.05) is 168 Å². The topological polar surface area (TPSA) is 64.6 Å². The summed E-state index contributed by atoms with van der Waals surface area (Å²) in [6.45, 7) is 9.56. The van der Waals surface area contributed by atoms with Gasteiger partial charge in [-0.15, -0.1) is 0 Å². The number of rotatable bonds is 40. The molecule has 0 amide bonds. The van der Waals surface area contributed by atoms with E-state index < -0.39 is 0 Å². The number of hydrogen-bond donors (Lipinski definition) is 1. The van der Waals surface area contributed by atoms with Crippen molar-refractivity contribution in [2.45, 2.75) is 245 Å². The standard InChI is InChI=1S/C43H85NO4/c1-4-7-10-13-16-21-28-35-41(34-27-20-15-12-9-6-3)48-43(46)37-30-23-19-25-32-39-44-38-31-24-18-22-29-36-42(45)47-40-33-26-17-14-11-8-5-2/h41,44H,4-40H2,1-3H3. The smallest absolute Gasteiger partial charge is 0.306 e. The summed E-state index contributed by atoms with van der Waals surface area (Å²) in [5.41, 5.74) is 0. The highest BCUT2D eigenvalue weighted by atomic mass is 16.5. The zero-order valence-corrected chi connectivity index (χ0v) is 32.9. The molecule has 1 atom stereocenters. The van der Waals surface area contributed by atoms with Crippen molar-refractivity contribution < 1.29 is 19.1 Å². The van der Waals surface area contributed by atoms with Gasteiger partial charge in [0.15, 0.2) is 0 Å². The average Bonchev–Trinajstić information content (AvgIpc) is 3.08. The number of hydrogen-bond acceptors (Lipinski definition) is 5. The molecule has 0 rings (SSSR count). The van der Waals surface area contributed by atoms with Crippen molar-refractivity contribution in [3.63, 3.8) is 0 Å². The quantitative estimate of drug-likeness (QED) is 0.0516. The molecule has 5 nitrogen and oxygen atoms in total. The van der Waals surface area contributed by atoms with Crippen LogP contribution >= 0.6 is 0 Å². The van der Waals surface area contributed by atoms with Gasteiger partial charge in [0.1, 0.15) is 6.10 Å². The Balaban J connectivity index is 3.66. The third-order valence-corrected chi connectivity index (χ3v) is 9.79. The van der Waals surface area contributed by atoms with Gasteiger partial charge in [-0.3, -0.25) is 9.59 Å². The Bertz CT molecular complexity index is 655. The number of unbranched alkanes of at least 4 members (excludes halogenated alkanes) is 25. The molecule has 0 saturated carbocycles. The van der Waals surface area contributed by atoms with Crippen LogP contribution in [0.2, 0.25) is 0 Å². The second-order valence-electron chi connectivity index (χ2n) is 14.7. The molecule has 1 N–H and O–H groups in total. The highest BCUT2D eigenvalue weighted by Crippen LogP contribution is 2.18. The van der Waals surface area contributed by atoms with Gasteiger partial charge in [-0.25, -0.2) is 0 Å². The first kappa shape index (κ1) is 46.9. The Morgan fingerprint density at radius 1 is 0.417 bits per heavy atom. The molecule has 0 aromatic carbocycles. The van der Waals surface area contributed by atoms with Crippen LogP contribution in [0.25, 0.3) is 0 Å². The summed E-state index contributed by atoms with van der Waals surface area (Å²) in [6.07, 6.45) is 40.6. The van der Waals surface area contributed by atoms with Crippen LogP contribution in [-0.2, 0) is 19.1 Å². The van der Waals surface area contributed by atoms with E-state index in [0.29, 0.717) is 19.4 Å². The fourth-order valence-electron chi connectivity index (χ4n) is 6.53. The monoisotopic (exact) mass is 680 g/mol. The molecular weight excluding hydrogens is 594 g/mol. The van der Waals surface area contributed by atoms with E-state index in [4.69, 9.17) is 9.47 Å². The Kier molecular flexibility index (Phi) is 39.4. The maximum absolute atomic E-state index is 12.6. The zero-order valence-electron chi connectivity index (χ0n) is 32.9. The van der Waals surface area contributed by atoms with Crippen LogP contribution in [0.15, 0.2) is 0 Å². The molecule has 0 radical (unpaired) electrons. The molecule has 0 aromatic rings. The Hall–Kier alpha value is -1.10. The minimum absolute atomic E-state index is 0.0101. The maximum atomic E-state index is 12.6. The average molecular weight is 680 g/mol. The minimum Gasteiger partial charge on any atom is -0.466 e. The van der Waals surface area contributed by atoms with E-state index in [0.717, 1.165) is 58.0 Å². The maximum Gasteiger partial charge on any atom is 0.306 e. The molecule has 0 aliphatic heterocycles. The van der Waals surface area contributed by atoms with Gasteiger partial charge >= 0.3 is 11.9 Å². The fraction of sp³-hybridized carbons (Fsp3) is 0.953. The third-order valence-electron chi connectivity index (χ3n) is 9.79. The summed E-state index contributed by atoms with van der Waals surface area (Å²) in [4.78, 5) is 24.5. The van der Waals surface area contributed by atoms with Crippen molar-refractivity contribution in [1.29, 1.82) is 0 Å². The molecule has 0 aliphatic carbocycles. The van der Waals surface area contributed by atoms with Crippen molar-refractivity contribution >= 4 is 11.9 Å². The van der Waals surface area contributed by atoms with Crippen LogP contribution in [0.4, 0.5) is 0 Å². The van der Waals surface area contributed by atoms with Gasteiger partial charge in [0.25, 0.3) is 0 Å². The van der Waals surface area contributed by atoms with Crippen LogP contribution in [-0.4, -0.2) is 37.7 Å². The highest BCUT2D eigenvalue weighted by molar-refractivity contribution is 5.69. The summed E-state index contributed by atoms with van der Waals surface area (Å²) in [5, 5.41) is 3.59. The van der Waals surface area contributed by atoms with Crippen LogP contribution < -0.4 is 5.32 Å². The van der Waals surface area contributed by atoms with Crippen LogP contribution in [0.1, 0.15) is 239 Å². The summed E-state index contributed by atoms with van der Waals surface area (Å²) in [6, 6.07) is 0. The number of ether oxygens (including phenoxy) is 2. The largest absolute Gasteiger partial charge is 0.466 e. The van der Waals surface area contributed by atoms with Crippen molar-refractivity contribution in [2.24, 2.45) is 0 Å². The number of nitrogens with one attached hydrogen (secondary N) is 1. The summed E-state index contributed by atoms with van der Waals surface area (Å²) < 4.78 is 11.4. The number of esters is 2. The Morgan fingerprint density at radius 2 is 0.771 bits per heavy atom. The van der Waals surface area contributed by atoms with Crippen LogP contribution in [0.3, 0.4) is 0 Å². The minimum atomic E-state index is -0.0101. The molecule has 0 spiro atoms. The predicted octanol–water partition coefficient (Wildman–Crippen LogP) is 13.4. The molecule has 0 heterocycles. The van der Waals surface area contributed by atoms with Crippen LogP contribution in [0.5, 0.6) is 0 Å². The summed E-state index contributed by atoms with van der Waals surface area (Å²) in [5.74, 6) is 0.0263. The third kappa shape index (κ3) is 37.7. The van der Waals surface area contributed by atoms with Crippen molar-refractivity contribution in [1.82, 2.24) is 5.32 Å². The lowest BCUT2D eigenvalue weighted by atomic mass is 10.0. The first-order valence-electron chi connectivity index (χ1n) is 21.7. The van der Waals surface area contributed by atoms with E-state index >= 15 is 0 Å². The van der Waals surface area contributed by atoms with Gasteiger partial charge in [0.2, 0.25) is 0 Å². The molecule has 0 aromatic heterocycles. The molecule has 0 bridgehead atoms. The number of carbonyl (C=O) groups excluding carboxylic acids is 2. The lowest BCUT2D eigenvalue weighted by Crippen LogP contribution is -2.18. The second-order valence-corrected chi connectivity index (χ2v) is 14.7. The van der Waals surface area contributed by atoms with E-state index in [-0.39, 0.29) is 18.0 Å². The van der Waals surface area contributed by atoms with E-state index in [1.54, 1.807) is 0 Å². The van der Waals surface area contributed by atoms with Crippen molar-refractivity contribution in [2.75, 3.05) is 19.7 Å². The SMILES string of the molecule is CCCCCCCCCOC(=O)CCCCCCCNCCCCCCCC(=O)OC(CCCCCCCC)CCCCCCCCC. The van der Waals surface area contributed by atoms with E-state index in [9.17, 15) is 9.59 Å². The summed E-state index contributed by atoms with van der Waals surface area (Å²) in [7, 11) is 0. The molecular formula is C43H85NO4. The number of carbonyl (C=O) groups is 2.